The van der Waals surface area contributed by atoms with Gasteiger partial charge in [-0.2, -0.15) is 0 Å². The highest BCUT2D eigenvalue weighted by Crippen LogP contribution is 2.27. The second-order valence-electron chi connectivity index (χ2n) is 4.38. The molecule has 2 aromatic rings. The predicted molar refractivity (Wildman–Crippen MR) is 91.7 cm³/mol. The van der Waals surface area contributed by atoms with Crippen molar-refractivity contribution in [1.82, 2.24) is 10.9 Å². The molecule has 2 amide bonds. The van der Waals surface area contributed by atoms with Crippen LogP contribution in [0.3, 0.4) is 0 Å². The minimum atomic E-state index is -0.528. The van der Waals surface area contributed by atoms with E-state index in [1.165, 1.54) is 6.07 Å². The molecule has 5 nitrogen and oxygen atoms in total. The molecule has 0 heterocycles. The molecule has 0 fully saturated rings. The van der Waals surface area contributed by atoms with Gasteiger partial charge < -0.3 is 4.74 Å². The lowest BCUT2D eigenvalue weighted by molar-refractivity contribution is -0.123. The van der Waals surface area contributed by atoms with E-state index >= 15 is 0 Å². The molecular weight excluding hydrogens is 407 g/mol. The summed E-state index contributed by atoms with van der Waals surface area (Å²) in [7, 11) is 0. The number of amides is 2. The van der Waals surface area contributed by atoms with Crippen molar-refractivity contribution in [3.8, 4) is 5.75 Å². The Morgan fingerprint density at radius 3 is 2.57 bits per heavy atom. The summed E-state index contributed by atoms with van der Waals surface area (Å²) in [5.74, 6) is -0.645. The fourth-order valence-electron chi connectivity index (χ4n) is 1.60. The average Bonchev–Trinajstić information content (AvgIpc) is 2.51. The maximum Gasteiger partial charge on any atom is 0.276 e. The molecule has 120 valence electrons. The number of hydrogen-bond donors (Lipinski definition) is 2. The van der Waals surface area contributed by atoms with Crippen molar-refractivity contribution in [2.45, 2.75) is 0 Å². The van der Waals surface area contributed by atoms with Gasteiger partial charge in [-0.25, -0.2) is 0 Å². The van der Waals surface area contributed by atoms with E-state index in [-0.39, 0.29) is 6.61 Å². The van der Waals surface area contributed by atoms with E-state index in [1.54, 1.807) is 36.4 Å². The zero-order valence-electron chi connectivity index (χ0n) is 11.6. The van der Waals surface area contributed by atoms with Crippen molar-refractivity contribution in [3.63, 3.8) is 0 Å². The van der Waals surface area contributed by atoms with Crippen molar-refractivity contribution in [2.24, 2.45) is 0 Å². The number of halogens is 3. The molecule has 0 bridgehead atoms. The Bertz CT molecular complexity index is 740. The van der Waals surface area contributed by atoms with Crippen LogP contribution in [0.2, 0.25) is 10.0 Å². The van der Waals surface area contributed by atoms with E-state index in [0.29, 0.717) is 21.4 Å². The van der Waals surface area contributed by atoms with Gasteiger partial charge in [-0.15, -0.1) is 0 Å². The summed E-state index contributed by atoms with van der Waals surface area (Å²) in [6.45, 7) is -0.294. The van der Waals surface area contributed by atoms with Gasteiger partial charge in [0.05, 0.1) is 5.02 Å². The Labute approximate surface area is 151 Å². The second kappa shape index (κ2) is 8.19. The second-order valence-corrected chi connectivity index (χ2v) is 6.14. The number of carbonyl (C=O) groups excluding carboxylic acids is 2. The van der Waals surface area contributed by atoms with E-state index in [2.05, 4.69) is 26.8 Å². The first-order valence-corrected chi connectivity index (χ1v) is 7.93. The Balaban J connectivity index is 1.82. The molecule has 0 aliphatic rings. The number of benzene rings is 2. The number of nitrogens with one attached hydrogen (secondary N) is 2. The lowest BCUT2D eigenvalue weighted by Gasteiger charge is -2.10. The molecule has 0 radical (unpaired) electrons. The fourth-order valence-corrected chi connectivity index (χ4v) is 2.52. The standard InChI is InChI=1S/C15H11BrCl2N2O3/c16-10-4-5-13(12(18)7-10)23-8-14(21)19-20-15(22)9-2-1-3-11(17)6-9/h1-7H,8H2,(H,19,21)(H,20,22). The van der Waals surface area contributed by atoms with Crippen LogP contribution in [0.1, 0.15) is 10.4 Å². The van der Waals surface area contributed by atoms with Crippen LogP contribution < -0.4 is 15.6 Å². The fraction of sp³-hybridized carbons (Fsp3) is 0.0667. The van der Waals surface area contributed by atoms with E-state index in [4.69, 9.17) is 27.9 Å². The molecule has 2 rings (SSSR count). The molecule has 8 heteroatoms. The quantitative estimate of drug-likeness (QED) is 0.747. The summed E-state index contributed by atoms with van der Waals surface area (Å²) in [5.41, 5.74) is 4.84. The van der Waals surface area contributed by atoms with Gasteiger partial charge in [0.15, 0.2) is 6.61 Å². The summed E-state index contributed by atoms with van der Waals surface area (Å²) in [4.78, 5) is 23.5. The van der Waals surface area contributed by atoms with Crippen LogP contribution in [0.15, 0.2) is 46.9 Å². The monoisotopic (exact) mass is 416 g/mol. The van der Waals surface area contributed by atoms with Crippen LogP contribution in [-0.4, -0.2) is 18.4 Å². The van der Waals surface area contributed by atoms with Crippen molar-refractivity contribution in [2.75, 3.05) is 6.61 Å². The van der Waals surface area contributed by atoms with E-state index in [1.807, 2.05) is 0 Å². The molecule has 0 saturated carbocycles. The molecule has 0 unspecified atom stereocenters. The largest absolute Gasteiger partial charge is 0.482 e. The Morgan fingerprint density at radius 1 is 1.09 bits per heavy atom. The highest BCUT2D eigenvalue weighted by molar-refractivity contribution is 9.10. The summed E-state index contributed by atoms with van der Waals surface area (Å²) in [5, 5.41) is 0.798. The van der Waals surface area contributed by atoms with Gasteiger partial charge in [-0.3, -0.25) is 20.4 Å². The van der Waals surface area contributed by atoms with Gasteiger partial charge in [-0.05, 0) is 36.4 Å². The molecule has 23 heavy (non-hydrogen) atoms. The van der Waals surface area contributed by atoms with Gasteiger partial charge >= 0.3 is 0 Å². The maximum absolute atomic E-state index is 11.8. The molecule has 0 aliphatic carbocycles. The first-order chi connectivity index (χ1) is 11.0. The Morgan fingerprint density at radius 2 is 1.87 bits per heavy atom. The number of hydrazine groups is 1. The molecule has 0 aliphatic heterocycles. The van der Waals surface area contributed by atoms with Gasteiger partial charge in [-0.1, -0.05) is 45.2 Å². The minimum Gasteiger partial charge on any atom is -0.482 e. The number of ether oxygens (including phenoxy) is 1. The molecule has 0 saturated heterocycles. The topological polar surface area (TPSA) is 67.4 Å². The van der Waals surface area contributed by atoms with Crippen molar-refractivity contribution in [3.05, 3.63) is 62.5 Å². The van der Waals surface area contributed by atoms with Crippen LogP contribution >= 0.6 is 39.1 Å². The van der Waals surface area contributed by atoms with Crippen LogP contribution in [0.5, 0.6) is 5.75 Å². The number of carbonyl (C=O) groups is 2. The summed E-state index contributed by atoms with van der Waals surface area (Å²) in [6, 6.07) is 11.4. The smallest absolute Gasteiger partial charge is 0.276 e. The lowest BCUT2D eigenvalue weighted by Crippen LogP contribution is -2.43. The molecule has 0 atom stereocenters. The molecular formula is C15H11BrCl2N2O3. The third kappa shape index (κ3) is 5.42. The normalized spacial score (nSPS) is 10.0. The van der Waals surface area contributed by atoms with E-state index < -0.39 is 11.8 Å². The zero-order chi connectivity index (χ0) is 16.8. The van der Waals surface area contributed by atoms with Crippen LogP contribution in [0, 0.1) is 0 Å². The van der Waals surface area contributed by atoms with Gasteiger partial charge in [0.25, 0.3) is 11.8 Å². The Hall–Kier alpha value is -1.76. The summed E-state index contributed by atoms with van der Waals surface area (Å²) >= 11 is 15.0. The van der Waals surface area contributed by atoms with Crippen LogP contribution in [0.25, 0.3) is 0 Å². The third-order valence-corrected chi connectivity index (χ3v) is 3.68. The highest BCUT2D eigenvalue weighted by atomic mass is 79.9. The zero-order valence-corrected chi connectivity index (χ0v) is 14.7. The summed E-state index contributed by atoms with van der Waals surface area (Å²) < 4.78 is 6.07. The number of rotatable bonds is 4. The van der Waals surface area contributed by atoms with Gasteiger partial charge in [0, 0.05) is 15.1 Å². The molecule has 0 spiro atoms. The minimum absolute atomic E-state index is 0.294. The molecule has 0 aromatic heterocycles. The van der Waals surface area contributed by atoms with Crippen molar-refractivity contribution < 1.29 is 14.3 Å². The SMILES string of the molecule is O=C(COc1ccc(Br)cc1Cl)NNC(=O)c1cccc(Cl)c1. The van der Waals surface area contributed by atoms with Crippen LogP contribution in [-0.2, 0) is 4.79 Å². The van der Waals surface area contributed by atoms with Crippen molar-refractivity contribution in [1.29, 1.82) is 0 Å². The third-order valence-electron chi connectivity index (χ3n) is 2.65. The highest BCUT2D eigenvalue weighted by Gasteiger charge is 2.09. The average molecular weight is 418 g/mol. The van der Waals surface area contributed by atoms with E-state index in [9.17, 15) is 9.59 Å². The first-order valence-electron chi connectivity index (χ1n) is 6.38. The first kappa shape index (κ1) is 17.6. The number of hydrogen-bond acceptors (Lipinski definition) is 3. The van der Waals surface area contributed by atoms with Gasteiger partial charge in [0.2, 0.25) is 0 Å². The molecule has 2 N–H and O–H groups in total. The Kier molecular flexibility index (Phi) is 6.27. The lowest BCUT2D eigenvalue weighted by atomic mass is 10.2. The van der Waals surface area contributed by atoms with Crippen LogP contribution in [0.4, 0.5) is 0 Å². The van der Waals surface area contributed by atoms with Gasteiger partial charge in [0.1, 0.15) is 5.75 Å². The predicted octanol–water partition coefficient (Wildman–Crippen LogP) is 3.60. The summed E-state index contributed by atoms with van der Waals surface area (Å²) in [6.07, 6.45) is 0. The maximum atomic E-state index is 11.8. The molecule has 2 aromatic carbocycles. The van der Waals surface area contributed by atoms with E-state index in [0.717, 1.165) is 4.47 Å². The van der Waals surface area contributed by atoms with Crippen molar-refractivity contribution >= 4 is 50.9 Å².